The monoisotopic (exact) mass is 278 g/mol. The Balaban J connectivity index is 1.70. The lowest BCUT2D eigenvalue weighted by molar-refractivity contribution is 0.533. The summed E-state index contributed by atoms with van der Waals surface area (Å²) in [4.78, 5) is 5.79. The molecule has 0 aliphatic rings. The van der Waals surface area contributed by atoms with Gasteiger partial charge in [0.05, 0.1) is 16.4 Å². The van der Waals surface area contributed by atoms with Crippen molar-refractivity contribution in [2.24, 2.45) is 0 Å². The van der Waals surface area contributed by atoms with Crippen molar-refractivity contribution in [1.82, 2.24) is 20.1 Å². The molecule has 19 heavy (non-hydrogen) atoms. The van der Waals surface area contributed by atoms with Crippen LogP contribution in [0.2, 0.25) is 0 Å². The summed E-state index contributed by atoms with van der Waals surface area (Å²) in [6, 6.07) is 2.12. The van der Waals surface area contributed by atoms with Gasteiger partial charge in [0, 0.05) is 23.7 Å². The normalized spacial score (nSPS) is 11.2. The molecule has 0 amide bonds. The number of aromatic nitrogens is 3. The lowest BCUT2D eigenvalue weighted by Crippen LogP contribution is -2.17. The number of hydrogen-bond donors (Lipinski definition) is 1. The van der Waals surface area contributed by atoms with E-state index in [0.717, 1.165) is 42.5 Å². The van der Waals surface area contributed by atoms with Crippen LogP contribution < -0.4 is 5.32 Å². The van der Waals surface area contributed by atoms with Crippen molar-refractivity contribution in [3.63, 3.8) is 0 Å². The predicted octanol–water partition coefficient (Wildman–Crippen LogP) is 2.75. The second-order valence-electron chi connectivity index (χ2n) is 4.92. The summed E-state index contributed by atoms with van der Waals surface area (Å²) in [5, 5.41) is 9.10. The first kappa shape index (κ1) is 14.2. The number of thiazole rings is 1. The van der Waals surface area contributed by atoms with Crippen molar-refractivity contribution in [2.45, 2.75) is 47.2 Å². The third-order valence-corrected chi connectivity index (χ3v) is 4.18. The minimum absolute atomic E-state index is 0.925. The van der Waals surface area contributed by atoms with Crippen LogP contribution in [-0.4, -0.2) is 21.3 Å². The first-order valence-corrected chi connectivity index (χ1v) is 7.52. The first-order valence-electron chi connectivity index (χ1n) is 6.71. The summed E-state index contributed by atoms with van der Waals surface area (Å²) < 4.78 is 2.08. The van der Waals surface area contributed by atoms with Crippen LogP contribution in [0, 0.1) is 27.7 Å². The van der Waals surface area contributed by atoms with E-state index < -0.39 is 0 Å². The molecule has 1 N–H and O–H groups in total. The van der Waals surface area contributed by atoms with E-state index >= 15 is 0 Å². The fourth-order valence-electron chi connectivity index (χ4n) is 2.19. The summed E-state index contributed by atoms with van der Waals surface area (Å²) in [6.45, 7) is 11.2. The molecular formula is C14H22N4S. The Bertz CT molecular complexity index is 493. The van der Waals surface area contributed by atoms with Crippen LogP contribution in [0.1, 0.15) is 33.4 Å². The Morgan fingerprint density at radius 2 is 2.05 bits per heavy atom. The summed E-state index contributed by atoms with van der Waals surface area (Å²) in [5.41, 5.74) is 3.50. The molecule has 0 aliphatic heterocycles. The number of rotatable bonds is 6. The van der Waals surface area contributed by atoms with Gasteiger partial charge in [0.15, 0.2) is 0 Å². The van der Waals surface area contributed by atoms with E-state index in [0.29, 0.717) is 0 Å². The zero-order valence-corrected chi connectivity index (χ0v) is 13.0. The molecular weight excluding hydrogens is 256 g/mol. The van der Waals surface area contributed by atoms with Crippen LogP contribution >= 0.6 is 11.3 Å². The van der Waals surface area contributed by atoms with Crippen LogP contribution in [0.25, 0.3) is 0 Å². The first-order chi connectivity index (χ1) is 9.06. The second kappa shape index (κ2) is 6.30. The maximum absolute atomic E-state index is 4.46. The van der Waals surface area contributed by atoms with Gasteiger partial charge in [0.2, 0.25) is 0 Å². The van der Waals surface area contributed by atoms with E-state index in [9.17, 15) is 0 Å². The van der Waals surface area contributed by atoms with Crippen LogP contribution in [0.4, 0.5) is 0 Å². The molecule has 2 aromatic rings. The number of aryl methyl sites for hydroxylation is 5. The molecule has 0 spiro atoms. The Morgan fingerprint density at radius 3 is 2.63 bits per heavy atom. The van der Waals surface area contributed by atoms with Crippen LogP contribution in [-0.2, 0) is 13.1 Å². The van der Waals surface area contributed by atoms with E-state index in [-0.39, 0.29) is 0 Å². The molecule has 104 valence electrons. The van der Waals surface area contributed by atoms with Gasteiger partial charge in [-0.2, -0.15) is 5.10 Å². The van der Waals surface area contributed by atoms with E-state index in [1.807, 2.05) is 6.92 Å². The van der Waals surface area contributed by atoms with Gasteiger partial charge >= 0.3 is 0 Å². The summed E-state index contributed by atoms with van der Waals surface area (Å²) in [6.07, 6.45) is 1.10. The molecule has 0 fully saturated rings. The highest BCUT2D eigenvalue weighted by Gasteiger charge is 2.04. The standard InChI is InChI=1S/C14H22N4S/c1-10-8-11(2)18(17-10)7-5-6-15-9-14-12(3)16-13(4)19-14/h8,15H,5-7,9H2,1-4H3. The minimum Gasteiger partial charge on any atom is -0.312 e. The average molecular weight is 278 g/mol. The van der Waals surface area contributed by atoms with Gasteiger partial charge < -0.3 is 5.32 Å². The third-order valence-electron chi connectivity index (χ3n) is 3.11. The molecule has 2 aromatic heterocycles. The summed E-state index contributed by atoms with van der Waals surface area (Å²) in [5.74, 6) is 0. The number of nitrogens with zero attached hydrogens (tertiary/aromatic N) is 3. The van der Waals surface area contributed by atoms with Crippen molar-refractivity contribution < 1.29 is 0 Å². The van der Waals surface area contributed by atoms with Gasteiger partial charge in [-0.15, -0.1) is 11.3 Å². The highest BCUT2D eigenvalue weighted by atomic mass is 32.1. The maximum Gasteiger partial charge on any atom is 0.0900 e. The van der Waals surface area contributed by atoms with Gasteiger partial charge in [-0.1, -0.05) is 0 Å². The Kier molecular flexibility index (Phi) is 4.71. The fourth-order valence-corrected chi connectivity index (χ4v) is 3.10. The Labute approximate surface area is 118 Å². The molecule has 0 bridgehead atoms. The molecule has 4 nitrogen and oxygen atoms in total. The fraction of sp³-hybridized carbons (Fsp3) is 0.571. The van der Waals surface area contributed by atoms with Crippen molar-refractivity contribution in [3.05, 3.63) is 33.0 Å². The highest BCUT2D eigenvalue weighted by molar-refractivity contribution is 7.11. The van der Waals surface area contributed by atoms with E-state index in [1.165, 1.54) is 10.6 Å². The Morgan fingerprint density at radius 1 is 1.26 bits per heavy atom. The molecule has 0 radical (unpaired) electrons. The van der Waals surface area contributed by atoms with Gasteiger partial charge in [-0.25, -0.2) is 4.98 Å². The molecule has 0 aromatic carbocycles. The maximum atomic E-state index is 4.46. The largest absolute Gasteiger partial charge is 0.312 e. The van der Waals surface area contributed by atoms with Gasteiger partial charge in [0.25, 0.3) is 0 Å². The zero-order chi connectivity index (χ0) is 13.8. The SMILES string of the molecule is Cc1cc(C)n(CCCNCc2sc(C)nc2C)n1. The molecule has 0 atom stereocenters. The zero-order valence-electron chi connectivity index (χ0n) is 12.2. The number of hydrogen-bond acceptors (Lipinski definition) is 4. The van der Waals surface area contributed by atoms with E-state index in [4.69, 9.17) is 0 Å². The molecule has 0 unspecified atom stereocenters. The van der Waals surface area contributed by atoms with Crippen molar-refractivity contribution in [1.29, 1.82) is 0 Å². The quantitative estimate of drug-likeness (QED) is 0.826. The van der Waals surface area contributed by atoms with Gasteiger partial charge in [-0.3, -0.25) is 4.68 Å². The van der Waals surface area contributed by atoms with Crippen molar-refractivity contribution >= 4 is 11.3 Å². The minimum atomic E-state index is 0.925. The topological polar surface area (TPSA) is 42.7 Å². The molecule has 5 heteroatoms. The highest BCUT2D eigenvalue weighted by Crippen LogP contribution is 2.16. The summed E-state index contributed by atoms with van der Waals surface area (Å²) >= 11 is 1.78. The van der Waals surface area contributed by atoms with E-state index in [1.54, 1.807) is 11.3 Å². The van der Waals surface area contributed by atoms with Crippen LogP contribution in [0.15, 0.2) is 6.07 Å². The predicted molar refractivity (Wildman–Crippen MR) is 79.6 cm³/mol. The van der Waals surface area contributed by atoms with E-state index in [2.05, 4.69) is 46.9 Å². The lowest BCUT2D eigenvalue weighted by Gasteiger charge is -2.05. The van der Waals surface area contributed by atoms with Crippen LogP contribution in [0.3, 0.4) is 0 Å². The second-order valence-corrected chi connectivity index (χ2v) is 6.21. The Hall–Kier alpha value is -1.20. The van der Waals surface area contributed by atoms with Crippen molar-refractivity contribution in [2.75, 3.05) is 6.54 Å². The van der Waals surface area contributed by atoms with Gasteiger partial charge in [0.1, 0.15) is 0 Å². The lowest BCUT2D eigenvalue weighted by atomic mass is 10.3. The third kappa shape index (κ3) is 3.88. The van der Waals surface area contributed by atoms with Gasteiger partial charge in [-0.05, 0) is 46.7 Å². The molecule has 2 heterocycles. The van der Waals surface area contributed by atoms with Crippen LogP contribution in [0.5, 0.6) is 0 Å². The number of nitrogens with one attached hydrogen (secondary N) is 1. The molecule has 0 saturated heterocycles. The smallest absolute Gasteiger partial charge is 0.0900 e. The summed E-state index contributed by atoms with van der Waals surface area (Å²) in [7, 11) is 0. The van der Waals surface area contributed by atoms with Crippen molar-refractivity contribution in [3.8, 4) is 0 Å². The molecule has 2 rings (SSSR count). The molecule has 0 aliphatic carbocycles. The average Bonchev–Trinajstić information content (AvgIpc) is 2.81. The molecule has 0 saturated carbocycles.